The predicted molar refractivity (Wildman–Crippen MR) is 108 cm³/mol. The predicted octanol–water partition coefficient (Wildman–Crippen LogP) is 5.33. The number of rotatable bonds is 2. The number of carbonyl (C=O) groups excluding carboxylic acids is 1. The molecule has 4 rings (SSSR count). The van der Waals surface area contributed by atoms with Gasteiger partial charge in [-0.25, -0.2) is 0 Å². The van der Waals surface area contributed by atoms with E-state index in [1.807, 2.05) is 6.07 Å². The third-order valence-corrected chi connectivity index (χ3v) is 8.44. The fourth-order valence-corrected chi connectivity index (χ4v) is 7.45. The average molecular weight is 371 g/mol. The van der Waals surface area contributed by atoms with Crippen LogP contribution < -0.4 is 9.47 Å². The van der Waals surface area contributed by atoms with Crippen LogP contribution in [0.15, 0.2) is 12.1 Å². The Labute approximate surface area is 163 Å². The number of ether oxygens (including phenoxy) is 2. The molecule has 0 saturated heterocycles. The molecule has 1 aromatic carbocycles. The number of hydrogen-bond donors (Lipinski definition) is 0. The first-order valence-corrected chi connectivity index (χ1v) is 10.5. The van der Waals surface area contributed by atoms with Crippen molar-refractivity contribution >= 4 is 5.78 Å². The van der Waals surface area contributed by atoms with E-state index >= 15 is 0 Å². The molecular weight excluding hydrogens is 336 g/mol. The third-order valence-electron chi connectivity index (χ3n) is 8.44. The van der Waals surface area contributed by atoms with Gasteiger partial charge in [-0.2, -0.15) is 0 Å². The van der Waals surface area contributed by atoms with E-state index in [9.17, 15) is 4.79 Å². The molecule has 3 heteroatoms. The Kier molecular flexibility index (Phi) is 4.18. The topological polar surface area (TPSA) is 35.5 Å². The van der Waals surface area contributed by atoms with Crippen molar-refractivity contribution in [2.24, 2.45) is 22.7 Å². The van der Waals surface area contributed by atoms with Crippen molar-refractivity contribution in [3.8, 4) is 11.5 Å². The van der Waals surface area contributed by atoms with Crippen LogP contribution in [0.1, 0.15) is 70.9 Å². The number of Topliss-reactive ketones (excluding diaryl/α,β-unsaturated/α-hetero) is 1. The van der Waals surface area contributed by atoms with Crippen molar-refractivity contribution in [1.82, 2.24) is 0 Å². The molecule has 148 valence electrons. The second-order valence-corrected chi connectivity index (χ2v) is 10.3. The lowest BCUT2D eigenvalue weighted by molar-refractivity contribution is -0.150. The standard InChI is InChI=1S/C24H34O3/c1-22(2)9-7-10-24(4)20(22)8-11-23(3)16-14-19(27-6)18(26-5)13-15(16)12-17(25)21(23)24/h13-14,20-21H,7-12H2,1-6H3/t20?,21-,23-,24-/m0/s1. The first kappa shape index (κ1) is 18.8. The molecule has 0 aromatic heterocycles. The van der Waals surface area contributed by atoms with E-state index in [4.69, 9.17) is 9.47 Å². The second kappa shape index (κ2) is 5.99. The SMILES string of the molecule is COc1cc2c(cc1OC)[C@]1(C)CCC3C(C)(C)CCC[C@]3(C)[C@H]1C(=O)C2. The molecule has 1 unspecified atom stereocenters. The van der Waals surface area contributed by atoms with Gasteiger partial charge in [-0.15, -0.1) is 0 Å². The maximum atomic E-state index is 13.5. The lowest BCUT2D eigenvalue weighted by Crippen LogP contribution is -2.60. The van der Waals surface area contributed by atoms with Crippen molar-refractivity contribution in [1.29, 1.82) is 0 Å². The highest BCUT2D eigenvalue weighted by atomic mass is 16.5. The molecule has 0 N–H and O–H groups in total. The minimum Gasteiger partial charge on any atom is -0.493 e. The van der Waals surface area contributed by atoms with E-state index in [0.29, 0.717) is 23.5 Å². The molecule has 1 aromatic rings. The van der Waals surface area contributed by atoms with Crippen LogP contribution in [0.3, 0.4) is 0 Å². The monoisotopic (exact) mass is 370 g/mol. The normalized spacial score (nSPS) is 37.0. The molecule has 0 bridgehead atoms. The summed E-state index contributed by atoms with van der Waals surface area (Å²) >= 11 is 0. The molecule has 0 heterocycles. The number of fused-ring (bicyclic) bond motifs is 5. The van der Waals surface area contributed by atoms with Crippen molar-refractivity contribution < 1.29 is 14.3 Å². The highest BCUT2D eigenvalue weighted by molar-refractivity contribution is 5.89. The van der Waals surface area contributed by atoms with Crippen molar-refractivity contribution in [3.05, 3.63) is 23.3 Å². The maximum Gasteiger partial charge on any atom is 0.161 e. The van der Waals surface area contributed by atoms with Gasteiger partial charge in [0.15, 0.2) is 11.5 Å². The fourth-order valence-electron chi connectivity index (χ4n) is 7.45. The Morgan fingerprint density at radius 2 is 1.63 bits per heavy atom. The van der Waals surface area contributed by atoms with Crippen molar-refractivity contribution in [3.63, 3.8) is 0 Å². The molecule has 0 aliphatic heterocycles. The average Bonchev–Trinajstić information content (AvgIpc) is 2.59. The van der Waals surface area contributed by atoms with Crippen LogP contribution in [0.5, 0.6) is 11.5 Å². The maximum absolute atomic E-state index is 13.5. The zero-order chi connectivity index (χ0) is 19.6. The van der Waals surface area contributed by atoms with Gasteiger partial charge in [0, 0.05) is 17.8 Å². The van der Waals surface area contributed by atoms with E-state index in [0.717, 1.165) is 23.5 Å². The van der Waals surface area contributed by atoms with Gasteiger partial charge in [0.25, 0.3) is 0 Å². The number of hydrogen-bond acceptors (Lipinski definition) is 3. The van der Waals surface area contributed by atoms with E-state index in [2.05, 4.69) is 33.8 Å². The van der Waals surface area contributed by atoms with E-state index in [1.54, 1.807) is 14.2 Å². The van der Waals surface area contributed by atoms with Crippen LogP contribution in [-0.4, -0.2) is 20.0 Å². The summed E-state index contributed by atoms with van der Waals surface area (Å²) in [4.78, 5) is 13.5. The lowest BCUT2D eigenvalue weighted by atomic mass is 9.40. The van der Waals surface area contributed by atoms with Crippen LogP contribution in [-0.2, 0) is 16.6 Å². The smallest absolute Gasteiger partial charge is 0.161 e. The summed E-state index contributed by atoms with van der Waals surface area (Å²) in [7, 11) is 3.36. The van der Waals surface area contributed by atoms with Gasteiger partial charge in [0.2, 0.25) is 0 Å². The van der Waals surface area contributed by atoms with Crippen LogP contribution in [0.4, 0.5) is 0 Å². The quantitative estimate of drug-likeness (QED) is 0.706. The van der Waals surface area contributed by atoms with Crippen molar-refractivity contribution in [2.75, 3.05) is 14.2 Å². The van der Waals surface area contributed by atoms with Gasteiger partial charge >= 0.3 is 0 Å². The molecule has 3 nitrogen and oxygen atoms in total. The largest absolute Gasteiger partial charge is 0.493 e. The summed E-state index contributed by atoms with van der Waals surface area (Å²) in [6, 6.07) is 4.19. The van der Waals surface area contributed by atoms with E-state index in [1.165, 1.54) is 31.2 Å². The van der Waals surface area contributed by atoms with Gasteiger partial charge in [0.1, 0.15) is 5.78 Å². The van der Waals surface area contributed by atoms with Gasteiger partial charge in [-0.05, 0) is 65.7 Å². The van der Waals surface area contributed by atoms with Gasteiger partial charge in [-0.1, -0.05) is 34.1 Å². The zero-order valence-electron chi connectivity index (χ0n) is 17.8. The molecule has 3 aliphatic rings. The van der Waals surface area contributed by atoms with Crippen molar-refractivity contribution in [2.45, 2.75) is 71.6 Å². The summed E-state index contributed by atoms with van der Waals surface area (Å²) in [6.07, 6.45) is 6.51. The second-order valence-electron chi connectivity index (χ2n) is 10.3. The molecule has 4 atom stereocenters. The van der Waals surface area contributed by atoms with Crippen LogP contribution in [0.25, 0.3) is 0 Å². The summed E-state index contributed by atoms with van der Waals surface area (Å²) in [6.45, 7) is 9.60. The van der Waals surface area contributed by atoms with Gasteiger partial charge in [-0.3, -0.25) is 4.79 Å². The van der Waals surface area contributed by atoms with Crippen LogP contribution in [0.2, 0.25) is 0 Å². The number of benzene rings is 1. The molecule has 2 fully saturated rings. The number of methoxy groups -OCH3 is 2. The molecule has 3 aliphatic carbocycles. The molecule has 0 spiro atoms. The lowest BCUT2D eigenvalue weighted by Gasteiger charge is -2.63. The minimum atomic E-state index is -0.108. The molecular formula is C24H34O3. The zero-order valence-corrected chi connectivity index (χ0v) is 17.8. The molecule has 2 saturated carbocycles. The van der Waals surface area contributed by atoms with E-state index < -0.39 is 0 Å². The number of carbonyl (C=O) groups is 1. The first-order valence-electron chi connectivity index (χ1n) is 10.5. The van der Waals surface area contributed by atoms with Crippen LogP contribution in [0, 0.1) is 22.7 Å². The van der Waals surface area contributed by atoms with Crippen LogP contribution >= 0.6 is 0 Å². The third kappa shape index (κ3) is 2.49. The van der Waals surface area contributed by atoms with E-state index in [-0.39, 0.29) is 16.7 Å². The summed E-state index contributed by atoms with van der Waals surface area (Å²) in [5.74, 6) is 2.67. The van der Waals surface area contributed by atoms with Gasteiger partial charge in [0.05, 0.1) is 14.2 Å². The summed E-state index contributed by atoms with van der Waals surface area (Å²) < 4.78 is 11.1. The Morgan fingerprint density at radius 1 is 0.963 bits per heavy atom. The number of ketones is 1. The summed E-state index contributed by atoms with van der Waals surface area (Å²) in [5.41, 5.74) is 2.76. The van der Waals surface area contributed by atoms with Gasteiger partial charge < -0.3 is 9.47 Å². The Hall–Kier alpha value is -1.51. The highest BCUT2D eigenvalue weighted by Gasteiger charge is 2.62. The molecule has 0 amide bonds. The Morgan fingerprint density at radius 3 is 2.30 bits per heavy atom. The molecule has 27 heavy (non-hydrogen) atoms. The summed E-state index contributed by atoms with van der Waals surface area (Å²) in [5, 5.41) is 0. The Bertz CT molecular complexity index is 780. The fraction of sp³-hybridized carbons (Fsp3) is 0.708. The molecule has 0 radical (unpaired) electrons. The minimum absolute atomic E-state index is 0.0939. The highest BCUT2D eigenvalue weighted by Crippen LogP contribution is 2.66. The Balaban J connectivity index is 1.87. The first-order chi connectivity index (χ1) is 12.7.